The molecule has 2 rings (SSSR count). The minimum atomic E-state index is -0.567. The lowest BCUT2D eigenvalue weighted by molar-refractivity contribution is -0.285. The third-order valence-corrected chi connectivity index (χ3v) is 4.01. The molecule has 2 aromatic carbocycles. The van der Waals surface area contributed by atoms with Gasteiger partial charge in [-0.2, -0.15) is 4.33 Å². The third kappa shape index (κ3) is 3.88. The zero-order chi connectivity index (χ0) is 15.3. The maximum Gasteiger partial charge on any atom is 0.128 e. The molecule has 1 atom stereocenters. The molecule has 0 fully saturated rings. The molecule has 112 valence electrons. The van der Waals surface area contributed by atoms with Crippen molar-refractivity contribution in [2.75, 3.05) is 0 Å². The largest absolute Gasteiger partial charge is 0.213 e. The van der Waals surface area contributed by atoms with E-state index in [1.165, 1.54) is 5.56 Å². The Morgan fingerprint density at radius 3 is 1.76 bits per heavy atom. The van der Waals surface area contributed by atoms with Crippen molar-refractivity contribution in [2.24, 2.45) is 0 Å². The Hall–Kier alpha value is -1.29. The molecule has 0 spiro atoms. The molecule has 2 nitrogen and oxygen atoms in total. The van der Waals surface area contributed by atoms with Crippen LogP contribution in [0.5, 0.6) is 0 Å². The topological polar surface area (TPSA) is 18.5 Å². The predicted molar refractivity (Wildman–Crippen MR) is 89.0 cm³/mol. The predicted octanol–water partition coefficient (Wildman–Crippen LogP) is 5.06. The Balaban J connectivity index is 2.32. The number of hydrogen-bond acceptors (Lipinski definition) is 3. The summed E-state index contributed by atoms with van der Waals surface area (Å²) in [5, 5.41) is 0. The molecule has 21 heavy (non-hydrogen) atoms. The first-order valence-electron chi connectivity index (χ1n) is 7.08. The number of thiol groups is 1. The second-order valence-electron chi connectivity index (χ2n) is 6.18. The van der Waals surface area contributed by atoms with E-state index in [-0.39, 0.29) is 5.41 Å². The van der Waals surface area contributed by atoms with Crippen LogP contribution in [0.1, 0.15) is 38.3 Å². The lowest BCUT2D eigenvalue weighted by Crippen LogP contribution is -2.34. The van der Waals surface area contributed by atoms with Crippen LogP contribution in [0, 0.1) is 0 Å². The van der Waals surface area contributed by atoms with Crippen molar-refractivity contribution in [3.8, 4) is 0 Å². The smallest absolute Gasteiger partial charge is 0.128 e. The van der Waals surface area contributed by atoms with Gasteiger partial charge in [-0.1, -0.05) is 74.5 Å². The molecule has 0 N–H and O–H groups in total. The molecule has 1 unspecified atom stereocenters. The maximum atomic E-state index is 5.54. The second-order valence-corrected chi connectivity index (χ2v) is 6.33. The van der Waals surface area contributed by atoms with Crippen LogP contribution in [0.3, 0.4) is 0 Å². The van der Waals surface area contributed by atoms with E-state index < -0.39 is 5.60 Å². The van der Waals surface area contributed by atoms with Crippen LogP contribution in [-0.2, 0) is 20.2 Å². The summed E-state index contributed by atoms with van der Waals surface area (Å²) in [5.74, 6) is 0. The average Bonchev–Trinajstić information content (AvgIpc) is 2.49. The Morgan fingerprint density at radius 1 is 0.810 bits per heavy atom. The highest BCUT2D eigenvalue weighted by atomic mass is 32.1. The molecule has 0 aliphatic heterocycles. The van der Waals surface area contributed by atoms with Crippen LogP contribution in [0.2, 0.25) is 0 Å². The van der Waals surface area contributed by atoms with Gasteiger partial charge in [0.1, 0.15) is 5.60 Å². The van der Waals surface area contributed by atoms with Gasteiger partial charge in [-0.3, -0.25) is 0 Å². The van der Waals surface area contributed by atoms with E-state index in [4.69, 9.17) is 9.22 Å². The standard InChI is InChI=1S/C18H22O2S/c1-17(2,15-10-6-4-7-11-15)14-18(3,19-20-21)16-12-8-5-9-13-16/h4-13,21H,14H2,1-3H3. The molecule has 0 aromatic heterocycles. The van der Waals surface area contributed by atoms with Crippen molar-refractivity contribution in [1.29, 1.82) is 0 Å². The fourth-order valence-electron chi connectivity index (χ4n) is 2.89. The van der Waals surface area contributed by atoms with Crippen molar-refractivity contribution in [2.45, 2.75) is 38.2 Å². The number of hydrogen-bond donors (Lipinski definition) is 1. The van der Waals surface area contributed by atoms with E-state index in [0.29, 0.717) is 0 Å². The van der Waals surface area contributed by atoms with Crippen LogP contribution < -0.4 is 0 Å². The van der Waals surface area contributed by atoms with Crippen LogP contribution >= 0.6 is 12.9 Å². The number of benzene rings is 2. The van der Waals surface area contributed by atoms with E-state index in [0.717, 1.165) is 12.0 Å². The van der Waals surface area contributed by atoms with Gasteiger partial charge in [0.2, 0.25) is 0 Å². The molecule has 0 saturated carbocycles. The first-order chi connectivity index (χ1) is 9.98. The van der Waals surface area contributed by atoms with Crippen LogP contribution in [0.25, 0.3) is 0 Å². The van der Waals surface area contributed by atoms with Gasteiger partial charge in [-0.15, -0.1) is 0 Å². The van der Waals surface area contributed by atoms with Gasteiger partial charge in [0, 0.05) is 12.9 Å². The summed E-state index contributed by atoms with van der Waals surface area (Å²) in [4.78, 5) is 5.54. The molecule has 0 aliphatic rings. The van der Waals surface area contributed by atoms with Crippen molar-refractivity contribution < 1.29 is 9.22 Å². The first kappa shape index (κ1) is 16.1. The van der Waals surface area contributed by atoms with Crippen LogP contribution in [0.4, 0.5) is 0 Å². The van der Waals surface area contributed by atoms with Crippen molar-refractivity contribution in [3.05, 3.63) is 71.8 Å². The van der Waals surface area contributed by atoms with Gasteiger partial charge in [0.25, 0.3) is 0 Å². The second kappa shape index (κ2) is 6.65. The minimum absolute atomic E-state index is 0.0574. The third-order valence-electron chi connectivity index (χ3n) is 3.94. The Labute approximate surface area is 132 Å². The molecule has 0 saturated heterocycles. The summed E-state index contributed by atoms with van der Waals surface area (Å²) in [5.41, 5.74) is 1.72. The van der Waals surface area contributed by atoms with Crippen LogP contribution in [-0.4, -0.2) is 0 Å². The molecule has 2 aromatic rings. The zero-order valence-corrected chi connectivity index (χ0v) is 13.6. The number of rotatable bonds is 6. The SMILES string of the molecule is CC(C)(CC(C)(OOS)c1ccccc1)c1ccccc1. The summed E-state index contributed by atoms with van der Waals surface area (Å²) in [7, 11) is 0. The van der Waals surface area contributed by atoms with Gasteiger partial charge >= 0.3 is 0 Å². The van der Waals surface area contributed by atoms with Gasteiger partial charge in [0.05, 0.1) is 0 Å². The van der Waals surface area contributed by atoms with Crippen molar-refractivity contribution in [1.82, 2.24) is 0 Å². The van der Waals surface area contributed by atoms with Gasteiger partial charge in [0.15, 0.2) is 0 Å². The maximum absolute atomic E-state index is 5.54. The fourth-order valence-corrected chi connectivity index (χ4v) is 3.05. The summed E-state index contributed by atoms with van der Waals surface area (Å²) in [6.45, 7) is 6.46. The lowest BCUT2D eigenvalue weighted by Gasteiger charge is -2.36. The highest BCUT2D eigenvalue weighted by molar-refractivity contribution is 7.74. The van der Waals surface area contributed by atoms with E-state index in [1.54, 1.807) is 0 Å². The monoisotopic (exact) mass is 302 g/mol. The average molecular weight is 302 g/mol. The molecule has 0 aliphatic carbocycles. The Morgan fingerprint density at radius 2 is 1.29 bits per heavy atom. The summed E-state index contributed by atoms with van der Waals surface area (Å²) in [6, 6.07) is 20.6. The molecule has 0 radical (unpaired) electrons. The van der Waals surface area contributed by atoms with Gasteiger partial charge in [-0.05, 0) is 29.9 Å². The summed E-state index contributed by atoms with van der Waals surface area (Å²) < 4.78 is 4.74. The zero-order valence-electron chi connectivity index (χ0n) is 12.7. The molecule has 0 bridgehead atoms. The summed E-state index contributed by atoms with van der Waals surface area (Å²) in [6.07, 6.45) is 0.772. The summed E-state index contributed by atoms with van der Waals surface area (Å²) >= 11 is 3.78. The fraction of sp³-hybridized carbons (Fsp3) is 0.333. The van der Waals surface area contributed by atoms with E-state index in [9.17, 15) is 0 Å². The molecular weight excluding hydrogens is 280 g/mol. The highest BCUT2D eigenvalue weighted by Crippen LogP contribution is 2.40. The molecule has 0 heterocycles. The van der Waals surface area contributed by atoms with Crippen molar-refractivity contribution in [3.63, 3.8) is 0 Å². The van der Waals surface area contributed by atoms with Crippen LogP contribution in [0.15, 0.2) is 60.7 Å². The Kier molecular flexibility index (Phi) is 5.09. The van der Waals surface area contributed by atoms with E-state index in [1.807, 2.05) is 43.3 Å². The lowest BCUT2D eigenvalue weighted by atomic mass is 9.74. The van der Waals surface area contributed by atoms with Gasteiger partial charge in [-0.25, -0.2) is 4.89 Å². The molecule has 0 amide bonds. The Bertz CT molecular complexity index is 554. The van der Waals surface area contributed by atoms with E-state index >= 15 is 0 Å². The highest BCUT2D eigenvalue weighted by Gasteiger charge is 2.37. The van der Waals surface area contributed by atoms with Crippen molar-refractivity contribution >= 4 is 12.9 Å². The quantitative estimate of drug-likeness (QED) is 0.348. The first-order valence-corrected chi connectivity index (χ1v) is 7.45. The normalized spacial score (nSPS) is 14.7. The van der Waals surface area contributed by atoms with Gasteiger partial charge < -0.3 is 0 Å². The molecular formula is C18H22O2S. The molecule has 3 heteroatoms. The van der Waals surface area contributed by atoms with E-state index in [2.05, 4.69) is 51.0 Å². The minimum Gasteiger partial charge on any atom is -0.213 e.